The molecule has 1 N–H and O–H groups in total. The lowest BCUT2D eigenvalue weighted by atomic mass is 10.0. The third-order valence-electron chi connectivity index (χ3n) is 5.62. The Kier molecular flexibility index (Phi) is 4.86. The lowest BCUT2D eigenvalue weighted by molar-refractivity contribution is -0.116. The van der Waals surface area contributed by atoms with Crippen LogP contribution < -0.4 is 5.32 Å². The van der Waals surface area contributed by atoms with E-state index in [1.807, 2.05) is 34.8 Å². The van der Waals surface area contributed by atoms with Crippen molar-refractivity contribution in [3.63, 3.8) is 0 Å². The van der Waals surface area contributed by atoms with Crippen LogP contribution in [0.4, 0.5) is 5.69 Å². The van der Waals surface area contributed by atoms with E-state index in [4.69, 9.17) is 10.1 Å². The number of hydrogen-bond donors (Lipinski definition) is 1. The highest BCUT2D eigenvalue weighted by Crippen LogP contribution is 2.31. The van der Waals surface area contributed by atoms with Gasteiger partial charge < -0.3 is 5.32 Å². The standard InChI is InChI=1S/C26H24N4O/c1-3-4-9-24(31)27-19-14-15-23-22(16-19)28-26-21-8-6-5-7-20(21)25(29-30(23)26)18-12-10-17(2)11-13-18/h5-8,10-16H,3-4,9H2,1-2H3,(H,27,31). The summed E-state index contributed by atoms with van der Waals surface area (Å²) in [5, 5.41) is 10.1. The quantitative estimate of drug-likeness (QED) is 0.380. The molecule has 5 aromatic rings. The molecule has 0 bridgehead atoms. The summed E-state index contributed by atoms with van der Waals surface area (Å²) in [6.07, 6.45) is 2.42. The number of nitrogens with one attached hydrogen (secondary N) is 1. The first-order chi connectivity index (χ1) is 15.1. The van der Waals surface area contributed by atoms with Crippen molar-refractivity contribution in [1.29, 1.82) is 0 Å². The van der Waals surface area contributed by atoms with Crippen LogP contribution in [0.5, 0.6) is 0 Å². The van der Waals surface area contributed by atoms with Crippen LogP contribution in [0.15, 0.2) is 66.7 Å². The summed E-state index contributed by atoms with van der Waals surface area (Å²) >= 11 is 0. The molecule has 3 aromatic carbocycles. The van der Waals surface area contributed by atoms with Gasteiger partial charge >= 0.3 is 0 Å². The highest BCUT2D eigenvalue weighted by molar-refractivity contribution is 6.04. The van der Waals surface area contributed by atoms with Crippen LogP contribution in [0.3, 0.4) is 0 Å². The van der Waals surface area contributed by atoms with Gasteiger partial charge in [0.25, 0.3) is 0 Å². The summed E-state index contributed by atoms with van der Waals surface area (Å²) in [4.78, 5) is 17.0. The third-order valence-corrected chi connectivity index (χ3v) is 5.62. The number of unbranched alkanes of at least 4 members (excludes halogenated alkanes) is 1. The van der Waals surface area contributed by atoms with Gasteiger partial charge in [-0.3, -0.25) is 4.79 Å². The number of fused-ring (bicyclic) bond motifs is 5. The maximum absolute atomic E-state index is 12.1. The average molecular weight is 409 g/mol. The van der Waals surface area contributed by atoms with Gasteiger partial charge in [0.05, 0.1) is 16.7 Å². The number of aromatic nitrogens is 3. The van der Waals surface area contributed by atoms with Crippen molar-refractivity contribution in [3.05, 3.63) is 72.3 Å². The molecule has 2 aromatic heterocycles. The van der Waals surface area contributed by atoms with E-state index in [1.165, 1.54) is 5.56 Å². The maximum atomic E-state index is 12.1. The second-order valence-electron chi connectivity index (χ2n) is 7.96. The minimum Gasteiger partial charge on any atom is -0.326 e. The highest BCUT2D eigenvalue weighted by atomic mass is 16.1. The first-order valence-corrected chi connectivity index (χ1v) is 10.7. The molecule has 5 rings (SSSR count). The van der Waals surface area contributed by atoms with Gasteiger partial charge in [0.1, 0.15) is 0 Å². The Morgan fingerprint density at radius 1 is 1.00 bits per heavy atom. The van der Waals surface area contributed by atoms with Crippen molar-refractivity contribution in [2.45, 2.75) is 33.1 Å². The highest BCUT2D eigenvalue weighted by Gasteiger charge is 2.15. The third kappa shape index (κ3) is 3.52. The second-order valence-corrected chi connectivity index (χ2v) is 7.96. The van der Waals surface area contributed by atoms with Crippen molar-refractivity contribution in [2.24, 2.45) is 0 Å². The van der Waals surface area contributed by atoms with E-state index < -0.39 is 0 Å². The summed E-state index contributed by atoms with van der Waals surface area (Å²) in [6, 6.07) is 22.5. The Hall–Kier alpha value is -3.73. The SMILES string of the molecule is CCCCC(=O)Nc1ccc2c(c1)nc1c3ccccc3c(-c3ccc(C)cc3)nn21. The number of anilines is 1. The molecule has 1 amide bonds. The fourth-order valence-corrected chi connectivity index (χ4v) is 3.94. The van der Waals surface area contributed by atoms with Gasteiger partial charge in [0.15, 0.2) is 5.65 Å². The van der Waals surface area contributed by atoms with Crippen molar-refractivity contribution >= 4 is 39.0 Å². The van der Waals surface area contributed by atoms with Crippen LogP contribution in [0, 0.1) is 6.92 Å². The maximum Gasteiger partial charge on any atom is 0.224 e. The molecule has 0 unspecified atom stereocenters. The van der Waals surface area contributed by atoms with Crippen LogP contribution >= 0.6 is 0 Å². The fraction of sp³-hybridized carbons (Fsp3) is 0.192. The van der Waals surface area contributed by atoms with E-state index in [2.05, 4.69) is 55.6 Å². The number of rotatable bonds is 5. The zero-order valence-electron chi connectivity index (χ0n) is 17.7. The van der Waals surface area contributed by atoms with E-state index in [-0.39, 0.29) is 5.91 Å². The number of imidazole rings is 1. The van der Waals surface area contributed by atoms with E-state index in [0.717, 1.165) is 57.2 Å². The van der Waals surface area contributed by atoms with Crippen molar-refractivity contribution < 1.29 is 4.79 Å². The second kappa shape index (κ2) is 7.84. The molecule has 0 aliphatic carbocycles. The average Bonchev–Trinajstić information content (AvgIpc) is 3.16. The Bertz CT molecular complexity index is 1420. The molecule has 0 atom stereocenters. The van der Waals surface area contributed by atoms with Gasteiger partial charge in [0.2, 0.25) is 5.91 Å². The predicted octanol–water partition coefficient (Wildman–Crippen LogP) is 6.14. The smallest absolute Gasteiger partial charge is 0.224 e. The van der Waals surface area contributed by atoms with Crippen LogP contribution in [0.2, 0.25) is 0 Å². The van der Waals surface area contributed by atoms with E-state index in [9.17, 15) is 4.79 Å². The van der Waals surface area contributed by atoms with Gasteiger partial charge in [-0.05, 0) is 31.5 Å². The van der Waals surface area contributed by atoms with Crippen LogP contribution in [0.1, 0.15) is 31.7 Å². The minimum absolute atomic E-state index is 0.0372. The monoisotopic (exact) mass is 408 g/mol. The van der Waals surface area contributed by atoms with Crippen LogP contribution in [0.25, 0.3) is 38.7 Å². The van der Waals surface area contributed by atoms with Crippen LogP contribution in [-0.4, -0.2) is 20.5 Å². The Balaban J connectivity index is 1.67. The molecular formula is C26H24N4O. The first-order valence-electron chi connectivity index (χ1n) is 10.7. The largest absolute Gasteiger partial charge is 0.326 e. The summed E-state index contributed by atoms with van der Waals surface area (Å²) in [6.45, 7) is 4.17. The van der Waals surface area contributed by atoms with Gasteiger partial charge in [0, 0.05) is 28.4 Å². The Morgan fingerprint density at radius 3 is 2.55 bits per heavy atom. The number of amides is 1. The Labute approximate surface area is 180 Å². The topological polar surface area (TPSA) is 59.3 Å². The summed E-state index contributed by atoms with van der Waals surface area (Å²) in [7, 11) is 0. The van der Waals surface area contributed by atoms with E-state index >= 15 is 0 Å². The normalized spacial score (nSPS) is 11.4. The lowest BCUT2D eigenvalue weighted by Gasteiger charge is -2.08. The summed E-state index contributed by atoms with van der Waals surface area (Å²) in [5.41, 5.74) is 6.53. The molecule has 5 nitrogen and oxygen atoms in total. The van der Waals surface area contributed by atoms with Crippen molar-refractivity contribution in [3.8, 4) is 11.3 Å². The molecule has 0 saturated carbocycles. The minimum atomic E-state index is 0.0372. The number of aryl methyl sites for hydroxylation is 1. The van der Waals surface area contributed by atoms with Crippen LogP contribution in [-0.2, 0) is 4.79 Å². The molecule has 0 fully saturated rings. The Morgan fingerprint density at radius 2 is 1.77 bits per heavy atom. The fourth-order valence-electron chi connectivity index (χ4n) is 3.94. The molecule has 31 heavy (non-hydrogen) atoms. The molecule has 0 saturated heterocycles. The van der Waals surface area contributed by atoms with E-state index in [1.54, 1.807) is 0 Å². The van der Waals surface area contributed by atoms with Gasteiger partial charge in [-0.15, -0.1) is 0 Å². The van der Waals surface area contributed by atoms with Gasteiger partial charge in [-0.2, -0.15) is 5.10 Å². The molecular weight excluding hydrogens is 384 g/mol. The number of carbonyl (C=O) groups is 1. The first kappa shape index (κ1) is 19.2. The lowest BCUT2D eigenvalue weighted by Crippen LogP contribution is -2.10. The summed E-state index contributed by atoms with van der Waals surface area (Å²) < 4.78 is 1.91. The van der Waals surface area contributed by atoms with Gasteiger partial charge in [-0.1, -0.05) is 67.4 Å². The zero-order chi connectivity index (χ0) is 21.4. The molecule has 0 aliphatic rings. The number of benzene rings is 3. The van der Waals surface area contributed by atoms with Gasteiger partial charge in [-0.25, -0.2) is 9.50 Å². The zero-order valence-corrected chi connectivity index (χ0v) is 17.7. The predicted molar refractivity (Wildman–Crippen MR) is 126 cm³/mol. The van der Waals surface area contributed by atoms with Crippen molar-refractivity contribution in [2.75, 3.05) is 5.32 Å². The number of carbonyl (C=O) groups excluding carboxylic acids is 1. The molecule has 0 aliphatic heterocycles. The molecule has 5 heteroatoms. The van der Waals surface area contributed by atoms with E-state index in [0.29, 0.717) is 6.42 Å². The number of nitrogens with zero attached hydrogens (tertiary/aromatic N) is 3. The molecule has 2 heterocycles. The van der Waals surface area contributed by atoms with Crippen molar-refractivity contribution in [1.82, 2.24) is 14.6 Å². The molecule has 0 radical (unpaired) electrons. The number of hydrogen-bond acceptors (Lipinski definition) is 3. The summed E-state index contributed by atoms with van der Waals surface area (Å²) in [5.74, 6) is 0.0372. The molecule has 0 spiro atoms. The molecule has 154 valence electrons.